The van der Waals surface area contributed by atoms with Gasteiger partial charge in [-0.1, -0.05) is 64.7 Å². The molecule has 0 aliphatic rings. The van der Waals surface area contributed by atoms with E-state index in [2.05, 4.69) is 22.3 Å². The molecule has 1 aromatic heterocycles. The molecule has 0 unspecified atom stereocenters. The van der Waals surface area contributed by atoms with Crippen LogP contribution in [0, 0.1) is 10.1 Å². The molecule has 0 saturated heterocycles. The van der Waals surface area contributed by atoms with E-state index in [1.807, 2.05) is 0 Å². The molecule has 0 atom stereocenters. The summed E-state index contributed by atoms with van der Waals surface area (Å²) >= 11 is 0. The fraction of sp³-hybridized carbons (Fsp3) is 0.632. The quantitative estimate of drug-likeness (QED) is 0.280. The van der Waals surface area contributed by atoms with Gasteiger partial charge >= 0.3 is 0 Å². The number of hydrogen-bond acceptors (Lipinski definition) is 5. The van der Waals surface area contributed by atoms with Gasteiger partial charge in [-0.15, -0.1) is 10.2 Å². The van der Waals surface area contributed by atoms with E-state index in [1.165, 1.54) is 69.9 Å². The first kappa shape index (κ1) is 20.0. The number of aromatic nitrogens is 4. The van der Waals surface area contributed by atoms with Gasteiger partial charge in [0.05, 0.1) is 11.5 Å². The highest BCUT2D eigenvalue weighted by Gasteiger charge is 2.09. The molecule has 1 heterocycles. The normalized spacial score (nSPS) is 11.0. The van der Waals surface area contributed by atoms with E-state index in [0.29, 0.717) is 5.82 Å². The number of unbranched alkanes of at least 4 members (excludes halogenated alkanes) is 9. The first-order chi connectivity index (χ1) is 12.7. The molecule has 1 aromatic carbocycles. The average Bonchev–Trinajstić information content (AvgIpc) is 3.12. The Labute approximate surface area is 155 Å². The van der Waals surface area contributed by atoms with Gasteiger partial charge in [-0.2, -0.15) is 4.80 Å². The third-order valence-electron chi connectivity index (χ3n) is 4.50. The molecule has 2 aromatic rings. The fourth-order valence-electron chi connectivity index (χ4n) is 2.93. The van der Waals surface area contributed by atoms with Crippen LogP contribution in [0.4, 0.5) is 5.69 Å². The first-order valence-electron chi connectivity index (χ1n) is 9.73. The summed E-state index contributed by atoms with van der Waals surface area (Å²) in [6, 6.07) is 6.22. The molecule has 0 amide bonds. The van der Waals surface area contributed by atoms with Gasteiger partial charge in [0.15, 0.2) is 0 Å². The molecule has 0 bridgehead atoms. The SMILES string of the molecule is CCCCCCCCCCCCn1nnc(-c2ccc([N+](=O)[O-])cc2)n1. The van der Waals surface area contributed by atoms with Gasteiger partial charge in [-0.05, 0) is 23.8 Å². The summed E-state index contributed by atoms with van der Waals surface area (Å²) in [5, 5.41) is 23.1. The second kappa shape index (κ2) is 11.3. The van der Waals surface area contributed by atoms with E-state index in [4.69, 9.17) is 0 Å². The van der Waals surface area contributed by atoms with Crippen molar-refractivity contribution in [2.24, 2.45) is 0 Å². The maximum atomic E-state index is 10.7. The lowest BCUT2D eigenvalue weighted by Crippen LogP contribution is -2.02. The molecule has 7 nitrogen and oxygen atoms in total. The fourth-order valence-corrected chi connectivity index (χ4v) is 2.93. The van der Waals surface area contributed by atoms with Crippen LogP contribution in [0.5, 0.6) is 0 Å². The van der Waals surface area contributed by atoms with Gasteiger partial charge < -0.3 is 0 Å². The lowest BCUT2D eigenvalue weighted by Gasteiger charge is -2.02. The Morgan fingerprint density at radius 2 is 1.50 bits per heavy atom. The summed E-state index contributed by atoms with van der Waals surface area (Å²) < 4.78 is 0. The van der Waals surface area contributed by atoms with Crippen molar-refractivity contribution in [3.63, 3.8) is 0 Å². The minimum atomic E-state index is -0.417. The molecule has 2 rings (SSSR count). The zero-order chi connectivity index (χ0) is 18.6. The van der Waals surface area contributed by atoms with Crippen molar-refractivity contribution in [2.75, 3.05) is 0 Å². The Morgan fingerprint density at radius 3 is 2.08 bits per heavy atom. The van der Waals surface area contributed by atoms with Crippen LogP contribution in [0.1, 0.15) is 71.1 Å². The Hall–Kier alpha value is -2.31. The molecule has 7 heteroatoms. The third-order valence-corrected chi connectivity index (χ3v) is 4.50. The van der Waals surface area contributed by atoms with Crippen LogP contribution in [-0.4, -0.2) is 25.1 Å². The van der Waals surface area contributed by atoms with Crippen LogP contribution in [0.25, 0.3) is 11.4 Å². The van der Waals surface area contributed by atoms with Gasteiger partial charge in [-0.25, -0.2) is 0 Å². The lowest BCUT2D eigenvalue weighted by molar-refractivity contribution is -0.384. The topological polar surface area (TPSA) is 86.7 Å². The Balaban J connectivity index is 1.62. The average molecular weight is 359 g/mol. The molecule has 0 saturated carbocycles. The number of benzene rings is 1. The maximum Gasteiger partial charge on any atom is 0.269 e. The molecular weight excluding hydrogens is 330 g/mol. The highest BCUT2D eigenvalue weighted by atomic mass is 16.6. The van der Waals surface area contributed by atoms with Gasteiger partial charge in [0.25, 0.3) is 5.69 Å². The summed E-state index contributed by atoms with van der Waals surface area (Å²) in [5.74, 6) is 0.506. The smallest absolute Gasteiger partial charge is 0.258 e. The number of nitrogens with zero attached hydrogens (tertiary/aromatic N) is 5. The number of non-ortho nitro benzene ring substituents is 1. The van der Waals surface area contributed by atoms with Gasteiger partial charge in [0.2, 0.25) is 5.82 Å². The van der Waals surface area contributed by atoms with Gasteiger partial charge in [0, 0.05) is 17.7 Å². The standard InChI is InChI=1S/C19H29N5O2/c1-2-3-4-5-6-7-8-9-10-11-16-23-21-19(20-22-23)17-12-14-18(15-13-17)24(25)26/h12-15H,2-11,16H2,1H3. The number of hydrogen-bond donors (Lipinski definition) is 0. The molecule has 26 heavy (non-hydrogen) atoms. The highest BCUT2D eigenvalue weighted by Crippen LogP contribution is 2.18. The Kier molecular flexibility index (Phi) is 8.72. The summed E-state index contributed by atoms with van der Waals surface area (Å²) in [7, 11) is 0. The van der Waals surface area contributed by atoms with Crippen LogP contribution in [0.3, 0.4) is 0 Å². The van der Waals surface area contributed by atoms with Crippen molar-refractivity contribution in [3.8, 4) is 11.4 Å². The third kappa shape index (κ3) is 6.90. The van der Waals surface area contributed by atoms with Crippen molar-refractivity contribution >= 4 is 5.69 Å². The Bertz CT molecular complexity index is 654. The zero-order valence-corrected chi connectivity index (χ0v) is 15.6. The lowest BCUT2D eigenvalue weighted by atomic mass is 10.1. The Morgan fingerprint density at radius 1 is 0.923 bits per heavy atom. The van der Waals surface area contributed by atoms with Crippen LogP contribution >= 0.6 is 0 Å². The monoisotopic (exact) mass is 359 g/mol. The minimum Gasteiger partial charge on any atom is -0.258 e. The second-order valence-corrected chi connectivity index (χ2v) is 6.69. The first-order valence-corrected chi connectivity index (χ1v) is 9.73. The number of rotatable bonds is 13. The van der Waals surface area contributed by atoms with E-state index in [-0.39, 0.29) is 5.69 Å². The largest absolute Gasteiger partial charge is 0.269 e. The number of aryl methyl sites for hydroxylation is 1. The second-order valence-electron chi connectivity index (χ2n) is 6.69. The molecule has 0 radical (unpaired) electrons. The van der Waals surface area contributed by atoms with E-state index < -0.39 is 4.92 Å². The van der Waals surface area contributed by atoms with Crippen LogP contribution in [0.15, 0.2) is 24.3 Å². The van der Waals surface area contributed by atoms with Gasteiger partial charge in [0.1, 0.15) is 0 Å². The maximum absolute atomic E-state index is 10.7. The van der Waals surface area contributed by atoms with E-state index in [1.54, 1.807) is 16.9 Å². The number of nitro benzene ring substituents is 1. The van der Waals surface area contributed by atoms with Crippen LogP contribution in [0.2, 0.25) is 0 Å². The number of tetrazole rings is 1. The zero-order valence-electron chi connectivity index (χ0n) is 15.6. The molecule has 0 aliphatic carbocycles. The predicted molar refractivity (Wildman–Crippen MR) is 102 cm³/mol. The van der Waals surface area contributed by atoms with Crippen molar-refractivity contribution in [2.45, 2.75) is 77.7 Å². The van der Waals surface area contributed by atoms with Crippen LogP contribution < -0.4 is 0 Å². The summed E-state index contributed by atoms with van der Waals surface area (Å²) in [6.45, 7) is 3.01. The highest BCUT2D eigenvalue weighted by molar-refractivity contribution is 5.56. The molecule has 0 N–H and O–H groups in total. The van der Waals surface area contributed by atoms with Crippen molar-refractivity contribution in [1.82, 2.24) is 20.2 Å². The van der Waals surface area contributed by atoms with Crippen molar-refractivity contribution < 1.29 is 4.92 Å². The predicted octanol–water partition coefficient (Wildman–Crippen LogP) is 5.17. The van der Waals surface area contributed by atoms with Crippen molar-refractivity contribution in [1.29, 1.82) is 0 Å². The molecule has 0 fully saturated rings. The van der Waals surface area contributed by atoms with Gasteiger partial charge in [-0.3, -0.25) is 10.1 Å². The molecule has 142 valence electrons. The van der Waals surface area contributed by atoms with Crippen LogP contribution in [-0.2, 0) is 6.54 Å². The summed E-state index contributed by atoms with van der Waals surface area (Å²) in [4.78, 5) is 11.9. The summed E-state index contributed by atoms with van der Waals surface area (Å²) in [6.07, 6.45) is 12.9. The molecule has 0 spiro atoms. The molecule has 0 aliphatic heterocycles. The number of nitro groups is 1. The summed E-state index contributed by atoms with van der Waals surface area (Å²) in [5.41, 5.74) is 0.802. The van der Waals surface area contributed by atoms with Crippen molar-refractivity contribution in [3.05, 3.63) is 34.4 Å². The van der Waals surface area contributed by atoms with E-state index in [9.17, 15) is 10.1 Å². The van der Waals surface area contributed by atoms with E-state index in [0.717, 1.165) is 18.5 Å². The molecular formula is C19H29N5O2. The van der Waals surface area contributed by atoms with E-state index >= 15 is 0 Å². The minimum absolute atomic E-state index is 0.0616.